The maximum atomic E-state index is 12.0. The van der Waals surface area contributed by atoms with Gasteiger partial charge in [0.05, 0.1) is 17.9 Å². The fraction of sp³-hybridized carbons (Fsp3) is 0.667. The molecule has 0 amide bonds. The van der Waals surface area contributed by atoms with E-state index in [1.54, 1.807) is 6.20 Å². The van der Waals surface area contributed by atoms with Crippen LogP contribution in [0.4, 0.5) is 5.69 Å². The van der Waals surface area contributed by atoms with Crippen molar-refractivity contribution in [3.05, 3.63) is 21.0 Å². The Morgan fingerprint density at radius 1 is 1.44 bits per heavy atom. The maximum Gasteiger partial charge on any atom is 0.283 e. The first-order chi connectivity index (χ1) is 8.38. The molecule has 0 aromatic carbocycles. The number of aliphatic hydroxyl groups is 1. The molecule has 0 aliphatic rings. The van der Waals surface area contributed by atoms with E-state index in [1.165, 1.54) is 4.68 Å². The standard InChI is InChI=1S/C12H20BrN3O2/c1-7(2)16-12(18)11(13)10(5-14-16)15-9(4)8(3)6-17/h5,7-9,15,17H,6H2,1-4H3. The van der Waals surface area contributed by atoms with Crippen LogP contribution in [-0.4, -0.2) is 27.5 Å². The molecular formula is C12H20BrN3O2. The Labute approximate surface area is 115 Å². The number of anilines is 1. The van der Waals surface area contributed by atoms with E-state index >= 15 is 0 Å². The Balaban J connectivity index is 2.99. The Hall–Kier alpha value is -0.880. The van der Waals surface area contributed by atoms with Gasteiger partial charge in [0.2, 0.25) is 0 Å². The summed E-state index contributed by atoms with van der Waals surface area (Å²) in [5.41, 5.74) is 0.503. The van der Waals surface area contributed by atoms with Crippen molar-refractivity contribution in [2.24, 2.45) is 5.92 Å². The van der Waals surface area contributed by atoms with E-state index in [-0.39, 0.29) is 30.2 Å². The third kappa shape index (κ3) is 3.32. The molecule has 18 heavy (non-hydrogen) atoms. The highest BCUT2D eigenvalue weighted by atomic mass is 79.9. The molecule has 0 radical (unpaired) electrons. The number of aliphatic hydroxyl groups excluding tert-OH is 1. The van der Waals surface area contributed by atoms with Crippen LogP contribution in [0.3, 0.4) is 0 Å². The van der Waals surface area contributed by atoms with Gasteiger partial charge in [-0.15, -0.1) is 0 Å². The predicted octanol–water partition coefficient (Wildman–Crippen LogP) is 2.02. The molecule has 1 aromatic heterocycles. The molecule has 0 aliphatic heterocycles. The highest BCUT2D eigenvalue weighted by molar-refractivity contribution is 9.10. The number of rotatable bonds is 5. The van der Waals surface area contributed by atoms with Crippen molar-refractivity contribution in [3.63, 3.8) is 0 Å². The maximum absolute atomic E-state index is 12.0. The Morgan fingerprint density at radius 2 is 2.06 bits per heavy atom. The highest BCUT2D eigenvalue weighted by Gasteiger charge is 2.15. The van der Waals surface area contributed by atoms with Gasteiger partial charge < -0.3 is 10.4 Å². The van der Waals surface area contributed by atoms with E-state index in [2.05, 4.69) is 26.3 Å². The van der Waals surface area contributed by atoms with Crippen LogP contribution < -0.4 is 10.9 Å². The van der Waals surface area contributed by atoms with Gasteiger partial charge >= 0.3 is 0 Å². The van der Waals surface area contributed by atoms with E-state index in [1.807, 2.05) is 27.7 Å². The minimum absolute atomic E-state index is 0.0247. The Morgan fingerprint density at radius 3 is 2.56 bits per heavy atom. The molecular weight excluding hydrogens is 298 g/mol. The second-order valence-corrected chi connectivity index (χ2v) is 5.60. The van der Waals surface area contributed by atoms with Gasteiger partial charge in [0, 0.05) is 12.6 Å². The summed E-state index contributed by atoms with van der Waals surface area (Å²) in [7, 11) is 0. The summed E-state index contributed by atoms with van der Waals surface area (Å²) in [4.78, 5) is 12.0. The van der Waals surface area contributed by atoms with Gasteiger partial charge in [0.1, 0.15) is 4.47 Å². The molecule has 2 unspecified atom stereocenters. The van der Waals surface area contributed by atoms with Crippen molar-refractivity contribution in [1.82, 2.24) is 9.78 Å². The fourth-order valence-corrected chi connectivity index (χ4v) is 1.86. The minimum Gasteiger partial charge on any atom is -0.396 e. The van der Waals surface area contributed by atoms with Crippen molar-refractivity contribution in [3.8, 4) is 0 Å². The highest BCUT2D eigenvalue weighted by Crippen LogP contribution is 2.19. The van der Waals surface area contributed by atoms with Crippen molar-refractivity contribution >= 4 is 21.6 Å². The van der Waals surface area contributed by atoms with Gasteiger partial charge in [-0.3, -0.25) is 4.79 Å². The third-order valence-corrected chi connectivity index (χ3v) is 3.72. The first-order valence-corrected chi connectivity index (χ1v) is 6.82. The lowest BCUT2D eigenvalue weighted by Gasteiger charge is -2.21. The number of nitrogens with one attached hydrogen (secondary N) is 1. The second kappa shape index (κ2) is 6.33. The fourth-order valence-electron chi connectivity index (χ4n) is 1.46. The molecule has 0 saturated carbocycles. The normalized spacial score (nSPS) is 14.6. The van der Waals surface area contributed by atoms with E-state index in [4.69, 9.17) is 5.11 Å². The number of nitrogens with zero attached hydrogens (tertiary/aromatic N) is 2. The van der Waals surface area contributed by atoms with Crippen LogP contribution in [0.1, 0.15) is 33.7 Å². The summed E-state index contributed by atoms with van der Waals surface area (Å²) >= 11 is 3.30. The molecule has 0 aliphatic carbocycles. The van der Waals surface area contributed by atoms with E-state index in [0.717, 1.165) is 0 Å². The van der Waals surface area contributed by atoms with Gasteiger partial charge in [-0.05, 0) is 42.6 Å². The van der Waals surface area contributed by atoms with Gasteiger partial charge in [0.15, 0.2) is 0 Å². The van der Waals surface area contributed by atoms with Crippen LogP contribution in [0.5, 0.6) is 0 Å². The topological polar surface area (TPSA) is 67.2 Å². The summed E-state index contributed by atoms with van der Waals surface area (Å²) in [5.74, 6) is 0.101. The largest absolute Gasteiger partial charge is 0.396 e. The average Bonchev–Trinajstić information content (AvgIpc) is 2.33. The lowest BCUT2D eigenvalue weighted by atomic mass is 10.1. The van der Waals surface area contributed by atoms with E-state index < -0.39 is 0 Å². The van der Waals surface area contributed by atoms with Crippen molar-refractivity contribution < 1.29 is 5.11 Å². The van der Waals surface area contributed by atoms with Crippen molar-refractivity contribution in [2.45, 2.75) is 39.8 Å². The van der Waals surface area contributed by atoms with Crippen LogP contribution in [0.25, 0.3) is 0 Å². The summed E-state index contributed by atoms with van der Waals surface area (Å²) in [5, 5.41) is 16.4. The summed E-state index contributed by atoms with van der Waals surface area (Å²) in [6.45, 7) is 7.81. The molecule has 1 rings (SSSR count). The predicted molar refractivity (Wildman–Crippen MR) is 75.9 cm³/mol. The van der Waals surface area contributed by atoms with Crippen LogP contribution in [0.15, 0.2) is 15.5 Å². The first-order valence-electron chi connectivity index (χ1n) is 6.03. The molecule has 102 valence electrons. The SMILES string of the molecule is CC(CO)C(C)Nc1cnn(C(C)C)c(=O)c1Br. The Kier molecular flexibility index (Phi) is 5.34. The molecule has 0 fully saturated rings. The number of hydrogen-bond donors (Lipinski definition) is 2. The lowest BCUT2D eigenvalue weighted by molar-refractivity contribution is 0.226. The number of aromatic nitrogens is 2. The van der Waals surface area contributed by atoms with Crippen LogP contribution in [0, 0.1) is 5.92 Å². The molecule has 0 saturated heterocycles. The minimum atomic E-state index is -0.154. The van der Waals surface area contributed by atoms with Crippen molar-refractivity contribution in [2.75, 3.05) is 11.9 Å². The van der Waals surface area contributed by atoms with Crippen LogP contribution in [-0.2, 0) is 0 Å². The molecule has 5 nitrogen and oxygen atoms in total. The monoisotopic (exact) mass is 317 g/mol. The van der Waals surface area contributed by atoms with Crippen LogP contribution in [0.2, 0.25) is 0 Å². The van der Waals surface area contributed by atoms with Crippen LogP contribution >= 0.6 is 15.9 Å². The molecule has 2 atom stereocenters. The van der Waals surface area contributed by atoms with Gasteiger partial charge in [-0.2, -0.15) is 5.10 Å². The number of halogens is 1. The van der Waals surface area contributed by atoms with E-state index in [0.29, 0.717) is 10.2 Å². The summed E-state index contributed by atoms with van der Waals surface area (Å²) in [6, 6.07) is 0.0824. The average molecular weight is 318 g/mol. The summed E-state index contributed by atoms with van der Waals surface area (Å²) < 4.78 is 1.90. The zero-order chi connectivity index (χ0) is 13.9. The van der Waals surface area contributed by atoms with Gasteiger partial charge in [-0.25, -0.2) is 4.68 Å². The molecule has 2 N–H and O–H groups in total. The molecule has 0 spiro atoms. The second-order valence-electron chi connectivity index (χ2n) is 4.81. The smallest absolute Gasteiger partial charge is 0.283 e. The zero-order valence-electron chi connectivity index (χ0n) is 11.1. The quantitative estimate of drug-likeness (QED) is 0.871. The first kappa shape index (κ1) is 15.2. The summed E-state index contributed by atoms with van der Waals surface area (Å²) in [6.07, 6.45) is 1.63. The van der Waals surface area contributed by atoms with Gasteiger partial charge in [-0.1, -0.05) is 6.92 Å². The lowest BCUT2D eigenvalue weighted by Crippen LogP contribution is -2.30. The zero-order valence-corrected chi connectivity index (χ0v) is 12.7. The van der Waals surface area contributed by atoms with E-state index in [9.17, 15) is 4.79 Å². The molecule has 6 heteroatoms. The molecule has 1 heterocycles. The van der Waals surface area contributed by atoms with Crippen molar-refractivity contribution in [1.29, 1.82) is 0 Å². The number of hydrogen-bond acceptors (Lipinski definition) is 4. The molecule has 1 aromatic rings. The Bertz CT molecular complexity index is 459. The van der Waals surface area contributed by atoms with Gasteiger partial charge in [0.25, 0.3) is 5.56 Å². The third-order valence-electron chi connectivity index (χ3n) is 2.96. The molecule has 0 bridgehead atoms.